The highest BCUT2D eigenvalue weighted by Gasteiger charge is 2.24. The smallest absolute Gasteiger partial charge is 0.271 e. The van der Waals surface area contributed by atoms with Gasteiger partial charge in [0.15, 0.2) is 6.61 Å². The van der Waals surface area contributed by atoms with E-state index < -0.39 is 17.2 Å². The van der Waals surface area contributed by atoms with E-state index in [1.54, 1.807) is 36.4 Å². The minimum atomic E-state index is -0.691. The highest BCUT2D eigenvalue weighted by Crippen LogP contribution is 2.25. The standard InChI is InChI=1S/C25H23ClN2O4/c1-15(2)17-8-10-19(11-9-17)32-14-22(29)23-16(3)20(12-27)24(30)28(25(23)31)13-18-6-4-5-7-21(18)26/h4-11,15,31H,13-14H2,1-3H3. The van der Waals surface area contributed by atoms with Gasteiger partial charge in [0.2, 0.25) is 11.7 Å². The molecule has 6 nitrogen and oxygen atoms in total. The van der Waals surface area contributed by atoms with Gasteiger partial charge in [-0.15, -0.1) is 0 Å². The zero-order valence-corrected chi connectivity index (χ0v) is 18.8. The van der Waals surface area contributed by atoms with Crippen molar-refractivity contribution in [2.75, 3.05) is 6.61 Å². The number of pyridine rings is 1. The molecule has 0 radical (unpaired) electrons. The number of aromatic nitrogens is 1. The van der Waals surface area contributed by atoms with Gasteiger partial charge >= 0.3 is 0 Å². The second-order valence-corrected chi connectivity index (χ2v) is 8.14. The Hall–Kier alpha value is -3.56. The van der Waals surface area contributed by atoms with E-state index in [9.17, 15) is 20.0 Å². The summed E-state index contributed by atoms with van der Waals surface area (Å²) in [5, 5.41) is 20.7. The van der Waals surface area contributed by atoms with E-state index in [1.807, 2.05) is 18.2 Å². The zero-order chi connectivity index (χ0) is 23.4. The summed E-state index contributed by atoms with van der Waals surface area (Å²) in [5.74, 6) is -0.189. The fourth-order valence-corrected chi connectivity index (χ4v) is 3.59. The quantitative estimate of drug-likeness (QED) is 0.521. The van der Waals surface area contributed by atoms with Crippen molar-refractivity contribution in [2.24, 2.45) is 0 Å². The number of ketones is 1. The van der Waals surface area contributed by atoms with Gasteiger partial charge in [-0.1, -0.05) is 55.8 Å². The van der Waals surface area contributed by atoms with Crippen LogP contribution < -0.4 is 10.3 Å². The summed E-state index contributed by atoms with van der Waals surface area (Å²) in [6.45, 7) is 5.18. The van der Waals surface area contributed by atoms with Gasteiger partial charge < -0.3 is 9.84 Å². The van der Waals surface area contributed by atoms with Crippen LogP contribution in [0.3, 0.4) is 0 Å². The van der Waals surface area contributed by atoms with Crippen molar-refractivity contribution in [3.05, 3.63) is 91.7 Å². The highest BCUT2D eigenvalue weighted by atomic mass is 35.5. The third-order valence-electron chi connectivity index (χ3n) is 5.28. The van der Waals surface area contributed by atoms with Crippen LogP contribution in [-0.2, 0) is 6.54 Å². The van der Waals surface area contributed by atoms with Crippen LogP contribution in [0.4, 0.5) is 0 Å². The molecule has 32 heavy (non-hydrogen) atoms. The molecule has 1 N–H and O–H groups in total. The fraction of sp³-hybridized carbons (Fsp3) is 0.240. The molecule has 0 unspecified atom stereocenters. The third kappa shape index (κ3) is 4.68. The summed E-state index contributed by atoms with van der Waals surface area (Å²) < 4.78 is 6.58. The van der Waals surface area contributed by atoms with Gasteiger partial charge in [-0.05, 0) is 47.7 Å². The molecule has 0 saturated carbocycles. The molecular weight excluding hydrogens is 428 g/mol. The molecule has 2 aromatic carbocycles. The van der Waals surface area contributed by atoms with Crippen molar-refractivity contribution in [1.82, 2.24) is 4.57 Å². The van der Waals surface area contributed by atoms with Gasteiger partial charge in [0.05, 0.1) is 12.1 Å². The minimum absolute atomic E-state index is 0.0862. The molecule has 164 valence electrons. The van der Waals surface area contributed by atoms with Gasteiger partial charge in [0.1, 0.15) is 17.4 Å². The van der Waals surface area contributed by atoms with Crippen LogP contribution in [0.2, 0.25) is 5.02 Å². The highest BCUT2D eigenvalue weighted by molar-refractivity contribution is 6.31. The minimum Gasteiger partial charge on any atom is -0.494 e. The van der Waals surface area contributed by atoms with Crippen LogP contribution in [0.25, 0.3) is 0 Å². The largest absolute Gasteiger partial charge is 0.494 e. The van der Waals surface area contributed by atoms with Gasteiger partial charge in [-0.2, -0.15) is 5.26 Å². The Morgan fingerprint density at radius 1 is 1.19 bits per heavy atom. The normalized spacial score (nSPS) is 10.8. The molecule has 0 fully saturated rings. The fourth-order valence-electron chi connectivity index (χ4n) is 3.40. The molecule has 7 heteroatoms. The predicted octanol–water partition coefficient (Wildman–Crippen LogP) is 4.82. The average molecular weight is 451 g/mol. The van der Waals surface area contributed by atoms with Crippen LogP contribution in [0.15, 0.2) is 53.3 Å². The lowest BCUT2D eigenvalue weighted by atomic mass is 10.0. The second kappa shape index (κ2) is 9.71. The van der Waals surface area contributed by atoms with E-state index in [1.165, 1.54) is 6.92 Å². The van der Waals surface area contributed by atoms with E-state index in [0.29, 0.717) is 22.3 Å². The maximum atomic E-state index is 13.0. The summed E-state index contributed by atoms with van der Waals surface area (Å²) in [4.78, 5) is 25.7. The Morgan fingerprint density at radius 3 is 2.44 bits per heavy atom. The summed E-state index contributed by atoms with van der Waals surface area (Å²) in [6.07, 6.45) is 0. The number of carbonyl (C=O) groups is 1. The van der Waals surface area contributed by atoms with Crippen LogP contribution in [0.5, 0.6) is 11.6 Å². The number of hydrogen-bond donors (Lipinski definition) is 1. The van der Waals surface area contributed by atoms with Gasteiger partial charge in [0, 0.05) is 5.02 Å². The monoisotopic (exact) mass is 450 g/mol. The molecular formula is C25H23ClN2O4. The van der Waals surface area contributed by atoms with E-state index >= 15 is 0 Å². The number of carbonyl (C=O) groups excluding carboxylic acids is 1. The molecule has 0 aliphatic carbocycles. The van der Waals surface area contributed by atoms with Gasteiger partial charge in [-0.25, -0.2) is 0 Å². The van der Waals surface area contributed by atoms with Crippen LogP contribution in [-0.4, -0.2) is 22.1 Å². The number of nitrogens with zero attached hydrogens (tertiary/aromatic N) is 2. The molecule has 0 saturated heterocycles. The van der Waals surface area contributed by atoms with Gasteiger partial charge in [-0.3, -0.25) is 14.2 Å². The number of nitriles is 1. The van der Waals surface area contributed by atoms with E-state index in [2.05, 4.69) is 13.8 Å². The summed E-state index contributed by atoms with van der Waals surface area (Å²) >= 11 is 6.19. The maximum absolute atomic E-state index is 13.0. The summed E-state index contributed by atoms with van der Waals surface area (Å²) in [5.41, 5.74) is 0.812. The summed E-state index contributed by atoms with van der Waals surface area (Å²) in [6, 6.07) is 16.1. The first kappa shape index (κ1) is 23.1. The lowest BCUT2D eigenvalue weighted by Gasteiger charge is -2.16. The molecule has 3 rings (SSSR count). The molecule has 3 aromatic rings. The second-order valence-electron chi connectivity index (χ2n) is 7.73. The van der Waals surface area contributed by atoms with E-state index in [0.717, 1.165) is 10.1 Å². The molecule has 1 aromatic heterocycles. The Morgan fingerprint density at radius 2 is 1.84 bits per heavy atom. The molecule has 0 bridgehead atoms. The van der Waals surface area contributed by atoms with Gasteiger partial charge in [0.25, 0.3) is 5.56 Å². The van der Waals surface area contributed by atoms with Crippen molar-refractivity contribution in [3.63, 3.8) is 0 Å². The van der Waals surface area contributed by atoms with Crippen molar-refractivity contribution >= 4 is 17.4 Å². The Bertz CT molecular complexity index is 1250. The Balaban J connectivity index is 1.94. The predicted molar refractivity (Wildman–Crippen MR) is 123 cm³/mol. The van der Waals surface area contributed by atoms with E-state index in [4.69, 9.17) is 16.3 Å². The topological polar surface area (TPSA) is 92.3 Å². The Kier molecular flexibility index (Phi) is 7.01. The Labute approximate surface area is 191 Å². The average Bonchev–Trinajstić information content (AvgIpc) is 2.77. The molecule has 0 amide bonds. The third-order valence-corrected chi connectivity index (χ3v) is 5.65. The first-order valence-corrected chi connectivity index (χ1v) is 10.5. The van der Waals surface area contributed by atoms with Crippen molar-refractivity contribution < 1.29 is 14.6 Å². The number of benzene rings is 2. The number of rotatable bonds is 7. The zero-order valence-electron chi connectivity index (χ0n) is 18.1. The van der Waals surface area contributed by atoms with Crippen LogP contribution in [0.1, 0.15) is 52.4 Å². The SMILES string of the molecule is Cc1c(C(=O)COc2ccc(C(C)C)cc2)c(O)n(Cc2ccccc2Cl)c(=O)c1C#N. The molecule has 0 spiro atoms. The number of aromatic hydroxyl groups is 1. The van der Waals surface area contributed by atoms with Crippen molar-refractivity contribution in [2.45, 2.75) is 33.2 Å². The molecule has 1 heterocycles. The van der Waals surface area contributed by atoms with Crippen LogP contribution in [0, 0.1) is 18.3 Å². The van der Waals surface area contributed by atoms with E-state index in [-0.39, 0.29) is 29.8 Å². The first-order valence-electron chi connectivity index (χ1n) is 10.1. The molecule has 0 aliphatic rings. The number of hydrogen-bond acceptors (Lipinski definition) is 5. The number of halogens is 1. The molecule has 0 aliphatic heterocycles. The lowest BCUT2D eigenvalue weighted by molar-refractivity contribution is 0.0916. The number of Topliss-reactive ketones (excluding diaryl/α,β-unsaturated/α-hetero) is 1. The summed E-state index contributed by atoms with van der Waals surface area (Å²) in [7, 11) is 0. The number of ether oxygens (including phenoxy) is 1. The maximum Gasteiger partial charge on any atom is 0.271 e. The van der Waals surface area contributed by atoms with Crippen molar-refractivity contribution in [1.29, 1.82) is 5.26 Å². The van der Waals surface area contributed by atoms with Crippen molar-refractivity contribution in [3.8, 4) is 17.7 Å². The van der Waals surface area contributed by atoms with Crippen LogP contribution >= 0.6 is 11.6 Å². The first-order chi connectivity index (χ1) is 15.2. The lowest BCUT2D eigenvalue weighted by Crippen LogP contribution is -2.28. The molecule has 0 atom stereocenters.